The molecule has 2 N–H and O–H groups in total. The summed E-state index contributed by atoms with van der Waals surface area (Å²) in [6, 6.07) is 6.61. The number of non-ortho nitro benzene ring substituents is 1. The van der Waals surface area contributed by atoms with E-state index in [1.54, 1.807) is 16.8 Å². The average molecular weight is 312 g/mol. The Labute approximate surface area is 132 Å². The van der Waals surface area contributed by atoms with Crippen LogP contribution in [0.1, 0.15) is 31.1 Å². The molecule has 118 valence electrons. The summed E-state index contributed by atoms with van der Waals surface area (Å²) >= 11 is 0. The lowest BCUT2D eigenvalue weighted by Gasteiger charge is -2.05. The SMILES string of the molecule is CC(C)n1nc(Cc2cccc([N+](=O)[O-])c2)c2c(N)ncnc21. The maximum absolute atomic E-state index is 10.9. The normalized spacial score (nSPS) is 11.3. The molecule has 3 rings (SSSR count). The minimum absolute atomic E-state index is 0.0549. The first kappa shape index (κ1) is 14.9. The number of hydrogen-bond acceptors (Lipinski definition) is 6. The molecule has 0 saturated carbocycles. The summed E-state index contributed by atoms with van der Waals surface area (Å²) in [5.74, 6) is 0.363. The smallest absolute Gasteiger partial charge is 0.269 e. The number of hydrogen-bond donors (Lipinski definition) is 1. The molecule has 0 radical (unpaired) electrons. The number of benzene rings is 1. The van der Waals surface area contributed by atoms with E-state index in [0.717, 1.165) is 5.56 Å². The molecule has 1 aromatic carbocycles. The Morgan fingerprint density at radius 1 is 1.35 bits per heavy atom. The summed E-state index contributed by atoms with van der Waals surface area (Å²) in [7, 11) is 0. The zero-order valence-corrected chi connectivity index (χ0v) is 12.8. The first-order valence-electron chi connectivity index (χ1n) is 7.18. The fourth-order valence-corrected chi connectivity index (χ4v) is 2.52. The van der Waals surface area contributed by atoms with E-state index >= 15 is 0 Å². The number of fused-ring (bicyclic) bond motifs is 1. The first-order chi connectivity index (χ1) is 11.0. The van der Waals surface area contributed by atoms with E-state index in [2.05, 4.69) is 15.1 Å². The van der Waals surface area contributed by atoms with Gasteiger partial charge in [-0.3, -0.25) is 10.1 Å². The van der Waals surface area contributed by atoms with Crippen LogP contribution < -0.4 is 5.73 Å². The fraction of sp³-hybridized carbons (Fsp3) is 0.267. The molecule has 0 atom stereocenters. The van der Waals surface area contributed by atoms with Gasteiger partial charge in [0.15, 0.2) is 5.65 Å². The minimum Gasteiger partial charge on any atom is -0.383 e. The average Bonchev–Trinajstić information content (AvgIpc) is 2.88. The molecule has 2 heterocycles. The van der Waals surface area contributed by atoms with Crippen molar-refractivity contribution in [1.29, 1.82) is 0 Å². The molecular weight excluding hydrogens is 296 g/mol. The molecule has 0 fully saturated rings. The van der Waals surface area contributed by atoms with Gasteiger partial charge in [-0.2, -0.15) is 5.10 Å². The Bertz CT molecular complexity index is 887. The van der Waals surface area contributed by atoms with Crippen molar-refractivity contribution in [3.05, 3.63) is 52.0 Å². The lowest BCUT2D eigenvalue weighted by molar-refractivity contribution is -0.384. The number of nitrogen functional groups attached to an aromatic ring is 1. The third-order valence-corrected chi connectivity index (χ3v) is 3.57. The van der Waals surface area contributed by atoms with Crippen LogP contribution in [0.25, 0.3) is 11.0 Å². The van der Waals surface area contributed by atoms with Gasteiger partial charge in [-0.05, 0) is 19.4 Å². The van der Waals surface area contributed by atoms with Crippen molar-refractivity contribution in [3.8, 4) is 0 Å². The number of rotatable bonds is 4. The predicted octanol–water partition coefficient (Wildman–Crippen LogP) is 2.49. The molecule has 8 nitrogen and oxygen atoms in total. The zero-order valence-electron chi connectivity index (χ0n) is 12.8. The molecule has 0 aliphatic rings. The summed E-state index contributed by atoms with van der Waals surface area (Å²) in [5, 5.41) is 16.2. The summed E-state index contributed by atoms with van der Waals surface area (Å²) in [5.41, 5.74) is 8.22. The van der Waals surface area contributed by atoms with Crippen LogP contribution >= 0.6 is 0 Å². The zero-order chi connectivity index (χ0) is 16.6. The van der Waals surface area contributed by atoms with Crippen LogP contribution in [0.2, 0.25) is 0 Å². The van der Waals surface area contributed by atoms with Crippen LogP contribution in [-0.2, 0) is 6.42 Å². The van der Waals surface area contributed by atoms with Gasteiger partial charge in [-0.25, -0.2) is 14.6 Å². The summed E-state index contributed by atoms with van der Waals surface area (Å²) in [4.78, 5) is 18.8. The molecule has 0 amide bonds. The minimum atomic E-state index is -0.411. The molecule has 3 aromatic rings. The summed E-state index contributed by atoms with van der Waals surface area (Å²) in [6.45, 7) is 4.00. The third kappa shape index (κ3) is 2.70. The quantitative estimate of drug-likeness (QED) is 0.585. The fourth-order valence-electron chi connectivity index (χ4n) is 2.52. The van der Waals surface area contributed by atoms with Crippen molar-refractivity contribution in [3.63, 3.8) is 0 Å². The van der Waals surface area contributed by atoms with Crippen molar-refractivity contribution < 1.29 is 4.92 Å². The second kappa shape index (κ2) is 5.64. The number of aromatic nitrogens is 4. The largest absolute Gasteiger partial charge is 0.383 e. The molecule has 0 bridgehead atoms. The van der Waals surface area contributed by atoms with Gasteiger partial charge in [-0.15, -0.1) is 0 Å². The summed E-state index contributed by atoms with van der Waals surface area (Å²) < 4.78 is 1.79. The van der Waals surface area contributed by atoms with Gasteiger partial charge in [-0.1, -0.05) is 12.1 Å². The van der Waals surface area contributed by atoms with Crippen molar-refractivity contribution in [2.24, 2.45) is 0 Å². The van der Waals surface area contributed by atoms with Gasteiger partial charge < -0.3 is 5.73 Å². The van der Waals surface area contributed by atoms with E-state index < -0.39 is 4.92 Å². The number of nitrogens with zero attached hydrogens (tertiary/aromatic N) is 5. The van der Waals surface area contributed by atoms with Crippen LogP contribution in [-0.4, -0.2) is 24.7 Å². The maximum atomic E-state index is 10.9. The van der Waals surface area contributed by atoms with Crippen molar-refractivity contribution in [2.75, 3.05) is 5.73 Å². The van der Waals surface area contributed by atoms with E-state index in [9.17, 15) is 10.1 Å². The number of anilines is 1. The Morgan fingerprint density at radius 2 is 2.13 bits per heavy atom. The molecule has 0 aliphatic carbocycles. The van der Waals surface area contributed by atoms with Gasteiger partial charge in [0.1, 0.15) is 12.1 Å². The highest BCUT2D eigenvalue weighted by Gasteiger charge is 2.18. The van der Waals surface area contributed by atoms with E-state index in [1.807, 2.05) is 19.9 Å². The van der Waals surface area contributed by atoms with Gasteiger partial charge >= 0.3 is 0 Å². The van der Waals surface area contributed by atoms with Gasteiger partial charge in [0.25, 0.3) is 5.69 Å². The molecule has 0 unspecified atom stereocenters. The number of nitro groups is 1. The molecule has 0 spiro atoms. The van der Waals surface area contributed by atoms with Crippen LogP contribution in [0, 0.1) is 10.1 Å². The third-order valence-electron chi connectivity index (χ3n) is 3.57. The highest BCUT2D eigenvalue weighted by atomic mass is 16.6. The Balaban J connectivity index is 2.10. The monoisotopic (exact) mass is 312 g/mol. The van der Waals surface area contributed by atoms with Crippen LogP contribution in [0.5, 0.6) is 0 Å². The van der Waals surface area contributed by atoms with E-state index in [4.69, 9.17) is 5.73 Å². The second-order valence-corrected chi connectivity index (χ2v) is 5.55. The van der Waals surface area contributed by atoms with Crippen molar-refractivity contribution in [1.82, 2.24) is 19.7 Å². The lowest BCUT2D eigenvalue weighted by Crippen LogP contribution is -2.04. The Kier molecular flexibility index (Phi) is 3.65. The molecule has 8 heteroatoms. The molecule has 0 saturated heterocycles. The van der Waals surface area contributed by atoms with Gasteiger partial charge in [0.05, 0.1) is 16.0 Å². The molecule has 0 aliphatic heterocycles. The molecule has 23 heavy (non-hydrogen) atoms. The van der Waals surface area contributed by atoms with E-state index in [1.165, 1.54) is 12.4 Å². The van der Waals surface area contributed by atoms with Gasteiger partial charge in [0.2, 0.25) is 0 Å². The standard InChI is InChI=1S/C15H16N6O2/c1-9(2)20-15-13(14(16)17-8-18-15)12(19-20)7-10-4-3-5-11(6-10)21(22)23/h3-6,8-9H,7H2,1-2H3,(H2,16,17,18). The predicted molar refractivity (Wildman–Crippen MR) is 86.0 cm³/mol. The van der Waals surface area contributed by atoms with E-state index in [-0.39, 0.29) is 11.7 Å². The Morgan fingerprint density at radius 3 is 2.83 bits per heavy atom. The van der Waals surface area contributed by atoms with Gasteiger partial charge in [0, 0.05) is 24.6 Å². The van der Waals surface area contributed by atoms with E-state index in [0.29, 0.717) is 29.0 Å². The van der Waals surface area contributed by atoms with Crippen molar-refractivity contribution >= 4 is 22.5 Å². The van der Waals surface area contributed by atoms with Crippen LogP contribution in [0.3, 0.4) is 0 Å². The molecular formula is C15H16N6O2. The highest BCUT2D eigenvalue weighted by molar-refractivity contribution is 5.88. The topological polar surface area (TPSA) is 113 Å². The molecule has 2 aromatic heterocycles. The van der Waals surface area contributed by atoms with Crippen molar-refractivity contribution in [2.45, 2.75) is 26.3 Å². The second-order valence-electron chi connectivity index (χ2n) is 5.55. The van der Waals surface area contributed by atoms with Crippen LogP contribution in [0.15, 0.2) is 30.6 Å². The maximum Gasteiger partial charge on any atom is 0.269 e. The Hall–Kier alpha value is -3.03. The summed E-state index contributed by atoms with van der Waals surface area (Å²) in [6.07, 6.45) is 1.84. The lowest BCUT2D eigenvalue weighted by atomic mass is 10.1. The number of nitro benzene ring substituents is 1. The van der Waals surface area contributed by atoms with Crippen LogP contribution in [0.4, 0.5) is 11.5 Å². The highest BCUT2D eigenvalue weighted by Crippen LogP contribution is 2.26. The first-order valence-corrected chi connectivity index (χ1v) is 7.18. The number of nitrogens with two attached hydrogens (primary N) is 1.